The Bertz CT molecular complexity index is 690. The zero-order valence-corrected chi connectivity index (χ0v) is 22.1. The number of aliphatic carboxylic acids is 1. The zero-order chi connectivity index (χ0) is 26.1. The van der Waals surface area contributed by atoms with E-state index in [2.05, 4.69) is 54.3 Å². The average Bonchev–Trinajstić information content (AvgIpc) is 2.85. The van der Waals surface area contributed by atoms with Crippen molar-refractivity contribution in [3.63, 3.8) is 0 Å². The smallest absolute Gasteiger partial charge is 0.303 e. The number of carboxylic acid groups (broad SMARTS) is 1. The second-order valence-electron chi connectivity index (χ2n) is 8.47. The summed E-state index contributed by atoms with van der Waals surface area (Å²) in [5.41, 5.74) is 0. The van der Waals surface area contributed by atoms with Gasteiger partial charge in [0, 0.05) is 19.3 Å². The van der Waals surface area contributed by atoms with E-state index >= 15 is 0 Å². The maximum atomic E-state index is 10.4. The molecular formula is C31H48O4. The topological polar surface area (TPSA) is 77.8 Å². The van der Waals surface area contributed by atoms with Crippen LogP contribution in [0.3, 0.4) is 0 Å². The van der Waals surface area contributed by atoms with Crippen LogP contribution in [0, 0.1) is 47.4 Å². The fourth-order valence-corrected chi connectivity index (χ4v) is 3.28. The van der Waals surface area contributed by atoms with Gasteiger partial charge in [-0.25, -0.2) is 0 Å². The first-order valence-corrected chi connectivity index (χ1v) is 13.5. The lowest BCUT2D eigenvalue weighted by molar-refractivity contribution is -0.137. The summed E-state index contributed by atoms with van der Waals surface area (Å²) in [4.78, 5) is 10.4. The molecule has 0 unspecified atom stereocenters. The number of aliphatic hydroxyl groups excluding tert-OH is 2. The Morgan fingerprint density at radius 1 is 0.514 bits per heavy atom. The third kappa shape index (κ3) is 39.2. The van der Waals surface area contributed by atoms with Crippen LogP contribution in [0.4, 0.5) is 0 Å². The molecule has 0 saturated carbocycles. The van der Waals surface area contributed by atoms with Crippen molar-refractivity contribution in [2.45, 2.75) is 129 Å². The number of unbranched alkanes of at least 4 members (excludes halogenated alkanes) is 16. The van der Waals surface area contributed by atoms with Gasteiger partial charge in [-0.2, -0.15) is 0 Å². The Balaban J connectivity index is 0. The van der Waals surface area contributed by atoms with E-state index in [9.17, 15) is 4.79 Å². The molecule has 0 aromatic rings. The molecule has 0 aliphatic rings. The maximum Gasteiger partial charge on any atom is 0.303 e. The summed E-state index contributed by atoms with van der Waals surface area (Å²) in [7, 11) is 0. The Morgan fingerprint density at radius 2 is 0.857 bits per heavy atom. The molecular weight excluding hydrogens is 436 g/mol. The van der Waals surface area contributed by atoms with E-state index in [1.165, 1.54) is 77.0 Å². The highest BCUT2D eigenvalue weighted by molar-refractivity contribution is 5.66. The number of hydrogen-bond acceptors (Lipinski definition) is 3. The molecule has 0 aromatic heterocycles. The second kappa shape index (κ2) is 33.8. The van der Waals surface area contributed by atoms with Gasteiger partial charge in [0.05, 0.1) is 0 Å². The van der Waals surface area contributed by atoms with Gasteiger partial charge in [0.15, 0.2) is 0 Å². The predicted molar refractivity (Wildman–Crippen MR) is 146 cm³/mol. The van der Waals surface area contributed by atoms with Gasteiger partial charge in [-0.05, 0) is 42.9 Å². The molecule has 4 heteroatoms. The third-order valence-electron chi connectivity index (χ3n) is 5.23. The molecule has 0 amide bonds. The van der Waals surface area contributed by atoms with E-state index in [1.54, 1.807) is 0 Å². The number of rotatable bonds is 18. The Hall–Kier alpha value is -2.37. The summed E-state index contributed by atoms with van der Waals surface area (Å²) in [6.45, 7) is 1.91. The fourth-order valence-electron chi connectivity index (χ4n) is 3.28. The number of hydrogen-bond donors (Lipinski definition) is 3. The highest BCUT2D eigenvalue weighted by atomic mass is 16.4. The average molecular weight is 485 g/mol. The van der Waals surface area contributed by atoms with Gasteiger partial charge in [-0.1, -0.05) is 114 Å². The van der Waals surface area contributed by atoms with E-state index in [-0.39, 0.29) is 13.2 Å². The first kappa shape index (κ1) is 34.8. The molecule has 35 heavy (non-hydrogen) atoms. The molecule has 4 nitrogen and oxygen atoms in total. The van der Waals surface area contributed by atoms with Gasteiger partial charge in [0.1, 0.15) is 13.2 Å². The van der Waals surface area contributed by atoms with Gasteiger partial charge in [0.2, 0.25) is 0 Å². The number of carbonyl (C=O) groups is 1. The molecule has 0 atom stereocenters. The molecule has 0 rings (SSSR count). The van der Waals surface area contributed by atoms with Crippen molar-refractivity contribution in [3.05, 3.63) is 0 Å². The van der Waals surface area contributed by atoms with Gasteiger partial charge < -0.3 is 15.3 Å². The lowest BCUT2D eigenvalue weighted by Crippen LogP contribution is -1.93. The van der Waals surface area contributed by atoms with E-state index < -0.39 is 5.97 Å². The lowest BCUT2D eigenvalue weighted by atomic mass is 10.1. The summed E-state index contributed by atoms with van der Waals surface area (Å²) in [5, 5.41) is 24.7. The van der Waals surface area contributed by atoms with Gasteiger partial charge in [0.25, 0.3) is 0 Å². The largest absolute Gasteiger partial charge is 0.481 e. The molecule has 3 N–H and O–H groups in total. The second-order valence-corrected chi connectivity index (χ2v) is 8.47. The van der Waals surface area contributed by atoms with Crippen LogP contribution in [0.25, 0.3) is 0 Å². The van der Waals surface area contributed by atoms with Gasteiger partial charge in [-0.3, -0.25) is 4.79 Å². The minimum Gasteiger partial charge on any atom is -0.481 e. The van der Waals surface area contributed by atoms with E-state index in [1.807, 2.05) is 0 Å². The molecule has 0 radical (unpaired) electrons. The molecule has 0 spiro atoms. The standard InChI is InChI=1S/C25H42O2.C6H6O2/c1-2-3-4-5-6-7-8-9-10-11-12-13-14-15-16-17-18-19-20-21-22-23-24-25(26)27;7-5-3-1-2-4-6-8/h2-12,17-24H2,1H3,(H,26,27);7-8H,5-6H2. The van der Waals surface area contributed by atoms with Gasteiger partial charge in [-0.15, -0.1) is 0 Å². The fraction of sp³-hybridized carbons (Fsp3) is 0.710. The first-order valence-electron chi connectivity index (χ1n) is 13.5. The molecule has 0 aliphatic heterocycles. The predicted octanol–water partition coefficient (Wildman–Crippen LogP) is 6.49. The maximum absolute atomic E-state index is 10.4. The molecule has 0 heterocycles. The summed E-state index contributed by atoms with van der Waals surface area (Å²) >= 11 is 0. The molecule has 0 aliphatic carbocycles. The van der Waals surface area contributed by atoms with Crippen molar-refractivity contribution in [2.75, 3.05) is 13.2 Å². The first-order chi connectivity index (χ1) is 17.2. The van der Waals surface area contributed by atoms with Crippen LogP contribution in [0.2, 0.25) is 0 Å². The van der Waals surface area contributed by atoms with Crippen molar-refractivity contribution in [3.8, 4) is 47.4 Å². The van der Waals surface area contributed by atoms with Crippen molar-refractivity contribution in [1.82, 2.24) is 0 Å². The van der Waals surface area contributed by atoms with Crippen molar-refractivity contribution >= 4 is 5.97 Å². The SMILES string of the molecule is CCCCCCCCCCCCC#CC#CCCCCCCCCC(=O)O.OCC#CC#CCO. The van der Waals surface area contributed by atoms with Gasteiger partial charge >= 0.3 is 5.97 Å². The van der Waals surface area contributed by atoms with Crippen LogP contribution >= 0.6 is 0 Å². The molecule has 0 saturated heterocycles. The quantitative estimate of drug-likeness (QED) is 0.154. The zero-order valence-electron chi connectivity index (χ0n) is 22.1. The van der Waals surface area contributed by atoms with E-state index in [4.69, 9.17) is 15.3 Å². The van der Waals surface area contributed by atoms with E-state index in [0.29, 0.717) is 6.42 Å². The Morgan fingerprint density at radius 3 is 1.23 bits per heavy atom. The highest BCUT2D eigenvalue weighted by Crippen LogP contribution is 2.11. The van der Waals surface area contributed by atoms with Crippen LogP contribution in [0.5, 0.6) is 0 Å². The normalized spacial score (nSPS) is 9.00. The Labute approximate surface area is 215 Å². The summed E-state index contributed by atoms with van der Waals surface area (Å²) in [6.07, 6.45) is 22.4. The van der Waals surface area contributed by atoms with Crippen molar-refractivity contribution in [1.29, 1.82) is 0 Å². The molecule has 0 bridgehead atoms. The Kier molecular flexibility index (Phi) is 33.6. The summed E-state index contributed by atoms with van der Waals surface area (Å²) < 4.78 is 0. The molecule has 0 aromatic carbocycles. The van der Waals surface area contributed by atoms with Crippen LogP contribution in [-0.4, -0.2) is 34.5 Å². The molecule has 0 fully saturated rings. The number of aliphatic hydroxyl groups is 2. The van der Waals surface area contributed by atoms with Crippen LogP contribution in [0.1, 0.15) is 129 Å². The highest BCUT2D eigenvalue weighted by Gasteiger charge is 1.96. The van der Waals surface area contributed by atoms with Crippen molar-refractivity contribution in [2.24, 2.45) is 0 Å². The van der Waals surface area contributed by atoms with E-state index in [0.717, 1.165) is 38.5 Å². The third-order valence-corrected chi connectivity index (χ3v) is 5.23. The summed E-state index contributed by atoms with van der Waals surface area (Å²) in [6, 6.07) is 0. The molecule has 196 valence electrons. The monoisotopic (exact) mass is 484 g/mol. The van der Waals surface area contributed by atoms with Crippen LogP contribution < -0.4 is 0 Å². The minimum atomic E-state index is -0.681. The van der Waals surface area contributed by atoms with Crippen molar-refractivity contribution < 1.29 is 20.1 Å². The van der Waals surface area contributed by atoms with Crippen LogP contribution in [-0.2, 0) is 4.79 Å². The minimum absolute atomic E-state index is 0.180. The lowest BCUT2D eigenvalue weighted by Gasteiger charge is -2.00. The number of carboxylic acids is 1. The summed E-state index contributed by atoms with van der Waals surface area (Å²) in [5.74, 6) is 20.8. The van der Waals surface area contributed by atoms with Crippen LogP contribution in [0.15, 0.2) is 0 Å².